The van der Waals surface area contributed by atoms with Gasteiger partial charge in [-0.05, 0) is 43.9 Å². The average Bonchev–Trinajstić information content (AvgIpc) is 2.49. The second kappa shape index (κ2) is 6.90. The van der Waals surface area contributed by atoms with Crippen LogP contribution >= 0.6 is 0 Å². The predicted octanol–water partition coefficient (Wildman–Crippen LogP) is 2.57. The van der Waals surface area contributed by atoms with E-state index in [1.165, 1.54) is 13.0 Å². The maximum atomic E-state index is 13.4. The molecule has 22 heavy (non-hydrogen) atoms. The van der Waals surface area contributed by atoms with E-state index in [-0.39, 0.29) is 29.6 Å². The van der Waals surface area contributed by atoms with E-state index >= 15 is 0 Å². The molecule has 120 valence electrons. The van der Waals surface area contributed by atoms with Crippen LogP contribution in [0.1, 0.15) is 43.9 Å². The van der Waals surface area contributed by atoms with Crippen molar-refractivity contribution in [2.24, 2.45) is 5.92 Å². The molecule has 1 aromatic carbocycles. The molecular weight excluding hydrogens is 283 g/mol. The first-order valence-corrected chi connectivity index (χ1v) is 7.75. The van der Waals surface area contributed by atoms with Crippen LogP contribution in [0.2, 0.25) is 0 Å². The van der Waals surface area contributed by atoms with Crippen LogP contribution in [0.5, 0.6) is 0 Å². The van der Waals surface area contributed by atoms with Crippen molar-refractivity contribution >= 4 is 11.8 Å². The molecule has 0 radical (unpaired) electrons. The molecule has 2 amide bonds. The number of likely N-dealkylation sites (tertiary alicyclic amines) is 1. The minimum Gasteiger partial charge on any atom is -0.356 e. The first-order valence-electron chi connectivity index (χ1n) is 7.75. The molecule has 1 aliphatic rings. The molecule has 4 nitrogen and oxygen atoms in total. The molecule has 1 saturated heterocycles. The van der Waals surface area contributed by atoms with Gasteiger partial charge in [0.15, 0.2) is 0 Å². The highest BCUT2D eigenvalue weighted by Gasteiger charge is 2.34. The lowest BCUT2D eigenvalue weighted by Crippen LogP contribution is -2.46. The number of benzene rings is 1. The topological polar surface area (TPSA) is 49.4 Å². The minimum atomic E-state index is -0.242. The Balaban J connectivity index is 2.20. The van der Waals surface area contributed by atoms with E-state index in [0.29, 0.717) is 25.1 Å². The molecule has 2 atom stereocenters. The van der Waals surface area contributed by atoms with Gasteiger partial charge in [0.2, 0.25) is 11.8 Å². The zero-order valence-corrected chi connectivity index (χ0v) is 13.4. The molecule has 1 fully saturated rings. The smallest absolute Gasteiger partial charge is 0.224 e. The van der Waals surface area contributed by atoms with Crippen LogP contribution in [-0.2, 0) is 9.59 Å². The molecule has 2 unspecified atom stereocenters. The quantitative estimate of drug-likeness (QED) is 0.933. The fraction of sp³-hybridized carbons (Fsp3) is 0.529. The summed E-state index contributed by atoms with van der Waals surface area (Å²) in [7, 11) is 0. The lowest BCUT2D eigenvalue weighted by molar-refractivity contribution is -0.137. The number of halogens is 1. The summed E-state index contributed by atoms with van der Waals surface area (Å²) in [6.45, 7) is 6.13. The van der Waals surface area contributed by atoms with Crippen LogP contribution in [0.25, 0.3) is 0 Å². The SMILES string of the molecule is CCNC(=O)C1CCC(c2ccc(F)c(C)c2)N(C(C)=O)C1. The van der Waals surface area contributed by atoms with Gasteiger partial charge in [0.25, 0.3) is 0 Å². The third-order valence-electron chi connectivity index (χ3n) is 4.27. The Morgan fingerprint density at radius 3 is 2.68 bits per heavy atom. The number of aryl methyl sites for hydroxylation is 1. The summed E-state index contributed by atoms with van der Waals surface area (Å²) in [5.74, 6) is -0.459. The van der Waals surface area contributed by atoms with Gasteiger partial charge in [0, 0.05) is 20.0 Å². The highest BCUT2D eigenvalue weighted by molar-refractivity contribution is 5.80. The molecule has 2 rings (SSSR count). The molecular formula is C17H23FN2O2. The lowest BCUT2D eigenvalue weighted by atomic mass is 9.88. The maximum Gasteiger partial charge on any atom is 0.224 e. The molecule has 0 aromatic heterocycles. The number of amides is 2. The summed E-state index contributed by atoms with van der Waals surface area (Å²) < 4.78 is 13.4. The highest BCUT2D eigenvalue weighted by Crippen LogP contribution is 2.34. The Kier molecular flexibility index (Phi) is 5.16. The van der Waals surface area contributed by atoms with Crippen LogP contribution in [0.4, 0.5) is 4.39 Å². The fourth-order valence-electron chi connectivity index (χ4n) is 3.07. The molecule has 1 aromatic rings. The zero-order chi connectivity index (χ0) is 16.3. The Labute approximate surface area is 130 Å². The average molecular weight is 306 g/mol. The lowest BCUT2D eigenvalue weighted by Gasteiger charge is -2.39. The summed E-state index contributed by atoms with van der Waals surface area (Å²) >= 11 is 0. The van der Waals surface area contributed by atoms with Gasteiger partial charge in [-0.2, -0.15) is 0 Å². The van der Waals surface area contributed by atoms with Crippen molar-refractivity contribution in [2.45, 2.75) is 39.7 Å². The number of hydrogen-bond acceptors (Lipinski definition) is 2. The Morgan fingerprint density at radius 2 is 2.09 bits per heavy atom. The van der Waals surface area contributed by atoms with E-state index < -0.39 is 0 Å². The molecule has 0 spiro atoms. The third-order valence-corrected chi connectivity index (χ3v) is 4.27. The van der Waals surface area contributed by atoms with E-state index in [4.69, 9.17) is 0 Å². The second-order valence-electron chi connectivity index (χ2n) is 5.86. The van der Waals surface area contributed by atoms with Gasteiger partial charge >= 0.3 is 0 Å². The molecule has 0 aliphatic carbocycles. The first kappa shape index (κ1) is 16.5. The number of hydrogen-bond donors (Lipinski definition) is 1. The first-order chi connectivity index (χ1) is 10.4. The molecule has 5 heteroatoms. The molecule has 1 aliphatic heterocycles. The van der Waals surface area contributed by atoms with Crippen LogP contribution in [-0.4, -0.2) is 29.8 Å². The standard InChI is InChI=1S/C17H23FN2O2/c1-4-19-17(22)14-6-8-16(20(10-14)12(3)21)13-5-7-15(18)11(2)9-13/h5,7,9,14,16H,4,6,8,10H2,1-3H3,(H,19,22). The van der Waals surface area contributed by atoms with Crippen LogP contribution in [0.15, 0.2) is 18.2 Å². The summed E-state index contributed by atoms with van der Waals surface area (Å²) in [6, 6.07) is 4.89. The van der Waals surface area contributed by atoms with Crippen molar-refractivity contribution in [1.82, 2.24) is 10.2 Å². The van der Waals surface area contributed by atoms with Gasteiger partial charge in [0.1, 0.15) is 5.82 Å². The molecule has 1 N–H and O–H groups in total. The van der Waals surface area contributed by atoms with Crippen molar-refractivity contribution in [1.29, 1.82) is 0 Å². The normalized spacial score (nSPS) is 21.5. The maximum absolute atomic E-state index is 13.4. The number of nitrogens with zero attached hydrogens (tertiary/aromatic N) is 1. The summed E-state index contributed by atoms with van der Waals surface area (Å²) in [6.07, 6.45) is 1.45. The van der Waals surface area contributed by atoms with Crippen molar-refractivity contribution in [3.63, 3.8) is 0 Å². The van der Waals surface area contributed by atoms with E-state index in [0.717, 1.165) is 12.0 Å². The second-order valence-corrected chi connectivity index (χ2v) is 5.86. The third kappa shape index (κ3) is 3.46. The minimum absolute atomic E-state index is 0.00230. The van der Waals surface area contributed by atoms with Crippen molar-refractivity contribution in [2.75, 3.05) is 13.1 Å². The number of rotatable bonds is 3. The zero-order valence-electron chi connectivity index (χ0n) is 13.4. The van der Waals surface area contributed by atoms with E-state index in [9.17, 15) is 14.0 Å². The molecule has 0 bridgehead atoms. The Hall–Kier alpha value is -1.91. The van der Waals surface area contributed by atoms with Gasteiger partial charge in [0.05, 0.1) is 12.0 Å². The van der Waals surface area contributed by atoms with E-state index in [2.05, 4.69) is 5.32 Å². The van der Waals surface area contributed by atoms with Crippen molar-refractivity contribution in [3.8, 4) is 0 Å². The summed E-state index contributed by atoms with van der Waals surface area (Å²) in [4.78, 5) is 25.7. The number of carbonyl (C=O) groups is 2. The number of nitrogens with one attached hydrogen (secondary N) is 1. The number of piperidine rings is 1. The predicted molar refractivity (Wildman–Crippen MR) is 82.7 cm³/mol. The van der Waals surface area contributed by atoms with Crippen LogP contribution in [0.3, 0.4) is 0 Å². The van der Waals surface area contributed by atoms with Crippen LogP contribution < -0.4 is 5.32 Å². The van der Waals surface area contributed by atoms with Crippen molar-refractivity contribution in [3.05, 3.63) is 35.1 Å². The fourth-order valence-corrected chi connectivity index (χ4v) is 3.07. The molecule has 0 saturated carbocycles. The van der Waals surface area contributed by atoms with Gasteiger partial charge in [-0.3, -0.25) is 9.59 Å². The largest absolute Gasteiger partial charge is 0.356 e. The van der Waals surface area contributed by atoms with Gasteiger partial charge in [-0.15, -0.1) is 0 Å². The van der Waals surface area contributed by atoms with Gasteiger partial charge in [-0.25, -0.2) is 4.39 Å². The Morgan fingerprint density at radius 1 is 1.36 bits per heavy atom. The van der Waals surface area contributed by atoms with Crippen molar-refractivity contribution < 1.29 is 14.0 Å². The molecule has 1 heterocycles. The summed E-state index contributed by atoms with van der Waals surface area (Å²) in [5.41, 5.74) is 1.51. The highest BCUT2D eigenvalue weighted by atomic mass is 19.1. The monoisotopic (exact) mass is 306 g/mol. The number of carbonyl (C=O) groups excluding carboxylic acids is 2. The summed E-state index contributed by atoms with van der Waals surface area (Å²) in [5, 5.41) is 2.82. The van der Waals surface area contributed by atoms with Crippen LogP contribution in [0, 0.1) is 18.7 Å². The van der Waals surface area contributed by atoms with E-state index in [1.54, 1.807) is 24.0 Å². The van der Waals surface area contributed by atoms with Gasteiger partial charge in [-0.1, -0.05) is 12.1 Å². The van der Waals surface area contributed by atoms with Gasteiger partial charge < -0.3 is 10.2 Å². The van der Waals surface area contributed by atoms with E-state index in [1.807, 2.05) is 6.92 Å². The Bertz CT molecular complexity index is 574.